The van der Waals surface area contributed by atoms with Crippen molar-refractivity contribution < 1.29 is 24.2 Å². The molecule has 35 heavy (non-hydrogen) atoms. The van der Waals surface area contributed by atoms with Gasteiger partial charge in [-0.25, -0.2) is 19.3 Å². The van der Waals surface area contributed by atoms with Gasteiger partial charge in [-0.3, -0.25) is 0 Å². The number of pyridine rings is 1. The van der Waals surface area contributed by atoms with Crippen LogP contribution in [0.5, 0.6) is 5.88 Å². The van der Waals surface area contributed by atoms with Crippen molar-refractivity contribution >= 4 is 11.7 Å². The number of halogens is 1. The molecule has 0 fully saturated rings. The number of hydrogen-bond acceptors (Lipinski definition) is 9. The first-order chi connectivity index (χ1) is 16.9. The van der Waals surface area contributed by atoms with E-state index in [4.69, 9.17) is 20.4 Å². The molecule has 0 bridgehead atoms. The Bertz CT molecular complexity index is 1240. The third-order valence-corrected chi connectivity index (χ3v) is 5.94. The molecule has 0 unspecified atom stereocenters. The van der Waals surface area contributed by atoms with Crippen molar-refractivity contribution in [3.63, 3.8) is 0 Å². The molecule has 10 heteroatoms. The van der Waals surface area contributed by atoms with E-state index in [0.717, 1.165) is 16.8 Å². The standard InChI is InChI=1S/C25H28FN5O4/c1-14-24-21(30-25(27)28-14)10-15(11-22(24)31-35-9-8-17(33)13-32)18-7-6-16(26)12-19(18)20-4-3-5-23(29-20)34-2/h3-7,12,15,17,32-33H,8-11,13H2,1-2H3,(H2,27,28,30)/b31-22+/t15-,17-/m0/s1. The zero-order valence-electron chi connectivity index (χ0n) is 19.6. The number of aliphatic hydroxyl groups is 2. The van der Waals surface area contributed by atoms with Gasteiger partial charge in [0.25, 0.3) is 0 Å². The fourth-order valence-corrected chi connectivity index (χ4v) is 4.31. The fraction of sp³-hybridized carbons (Fsp3) is 0.360. The number of fused-ring (bicyclic) bond motifs is 1. The predicted molar refractivity (Wildman–Crippen MR) is 129 cm³/mol. The molecular formula is C25H28FN5O4. The van der Waals surface area contributed by atoms with Crippen LogP contribution in [0.3, 0.4) is 0 Å². The van der Waals surface area contributed by atoms with Crippen molar-refractivity contribution in [2.45, 2.75) is 38.2 Å². The molecule has 2 atom stereocenters. The number of methoxy groups -OCH3 is 1. The van der Waals surface area contributed by atoms with E-state index in [1.54, 1.807) is 12.1 Å². The molecule has 1 aliphatic carbocycles. The van der Waals surface area contributed by atoms with Crippen molar-refractivity contribution in [1.29, 1.82) is 0 Å². The first kappa shape index (κ1) is 24.5. The van der Waals surface area contributed by atoms with Gasteiger partial charge < -0.3 is 25.5 Å². The van der Waals surface area contributed by atoms with Crippen LogP contribution < -0.4 is 10.5 Å². The van der Waals surface area contributed by atoms with Gasteiger partial charge in [-0.05, 0) is 43.0 Å². The third kappa shape index (κ3) is 5.55. The highest BCUT2D eigenvalue weighted by Gasteiger charge is 2.31. The van der Waals surface area contributed by atoms with E-state index in [-0.39, 0.29) is 37.3 Å². The number of anilines is 1. The van der Waals surface area contributed by atoms with Crippen molar-refractivity contribution in [2.75, 3.05) is 26.1 Å². The van der Waals surface area contributed by atoms with Crippen molar-refractivity contribution in [1.82, 2.24) is 15.0 Å². The molecule has 0 saturated heterocycles. The topological polar surface area (TPSA) is 136 Å². The highest BCUT2D eigenvalue weighted by Crippen LogP contribution is 2.38. The second-order valence-electron chi connectivity index (χ2n) is 8.39. The maximum atomic E-state index is 14.3. The summed E-state index contributed by atoms with van der Waals surface area (Å²) in [5.41, 5.74) is 10.9. The lowest BCUT2D eigenvalue weighted by Crippen LogP contribution is -2.24. The zero-order valence-corrected chi connectivity index (χ0v) is 19.6. The van der Waals surface area contributed by atoms with Crippen LogP contribution in [-0.2, 0) is 11.3 Å². The molecule has 0 aliphatic heterocycles. The van der Waals surface area contributed by atoms with Crippen LogP contribution in [-0.4, -0.2) is 57.3 Å². The minimum absolute atomic E-state index is 0.106. The average Bonchev–Trinajstić information content (AvgIpc) is 2.85. The lowest BCUT2D eigenvalue weighted by Gasteiger charge is -2.28. The maximum Gasteiger partial charge on any atom is 0.220 e. The quantitative estimate of drug-likeness (QED) is 0.330. The molecule has 2 heterocycles. The minimum atomic E-state index is -0.872. The lowest BCUT2D eigenvalue weighted by atomic mass is 9.79. The van der Waals surface area contributed by atoms with Gasteiger partial charge in [-0.1, -0.05) is 17.3 Å². The Balaban J connectivity index is 1.73. The first-order valence-corrected chi connectivity index (χ1v) is 11.3. The number of benzene rings is 1. The number of ether oxygens (including phenoxy) is 1. The van der Waals surface area contributed by atoms with E-state index in [9.17, 15) is 9.50 Å². The van der Waals surface area contributed by atoms with E-state index in [2.05, 4.69) is 20.1 Å². The van der Waals surface area contributed by atoms with Gasteiger partial charge in [0, 0.05) is 30.0 Å². The zero-order chi connectivity index (χ0) is 24.9. The van der Waals surface area contributed by atoms with Gasteiger partial charge in [0.05, 0.1) is 42.6 Å². The van der Waals surface area contributed by atoms with Gasteiger partial charge in [0.15, 0.2) is 0 Å². The fourth-order valence-electron chi connectivity index (χ4n) is 4.31. The summed E-state index contributed by atoms with van der Waals surface area (Å²) in [4.78, 5) is 18.7. The number of oxime groups is 1. The Labute approximate surface area is 202 Å². The summed E-state index contributed by atoms with van der Waals surface area (Å²) in [6, 6.07) is 10.0. The third-order valence-electron chi connectivity index (χ3n) is 5.94. The average molecular weight is 482 g/mol. The minimum Gasteiger partial charge on any atom is -0.481 e. The second kappa shape index (κ2) is 10.7. The smallest absolute Gasteiger partial charge is 0.220 e. The van der Waals surface area contributed by atoms with Crippen LogP contribution in [0.15, 0.2) is 41.6 Å². The molecule has 0 radical (unpaired) electrons. The van der Waals surface area contributed by atoms with Gasteiger partial charge in [0.1, 0.15) is 12.4 Å². The van der Waals surface area contributed by atoms with E-state index in [1.165, 1.54) is 19.2 Å². The summed E-state index contributed by atoms with van der Waals surface area (Å²) in [5, 5.41) is 22.9. The molecule has 1 aromatic carbocycles. The number of rotatable bonds is 8. The van der Waals surface area contributed by atoms with Crippen molar-refractivity contribution in [3.8, 4) is 17.1 Å². The van der Waals surface area contributed by atoms with E-state index in [0.29, 0.717) is 41.4 Å². The van der Waals surface area contributed by atoms with Gasteiger partial charge in [-0.15, -0.1) is 0 Å². The van der Waals surface area contributed by atoms with Crippen molar-refractivity contribution in [2.24, 2.45) is 5.16 Å². The Morgan fingerprint density at radius 1 is 1.20 bits per heavy atom. The Morgan fingerprint density at radius 2 is 2.03 bits per heavy atom. The SMILES string of the molecule is COc1cccc(-c2cc(F)ccc2[C@@H]2C/C(=N\OCC[C@H](O)CO)c3c(C)nc(N)nc3C2)n1. The molecule has 3 aromatic rings. The van der Waals surface area contributed by atoms with Crippen LogP contribution in [0.1, 0.15) is 41.3 Å². The summed E-state index contributed by atoms with van der Waals surface area (Å²) >= 11 is 0. The Hall–Kier alpha value is -3.63. The molecule has 2 aromatic heterocycles. The highest BCUT2D eigenvalue weighted by molar-refractivity contribution is 6.03. The van der Waals surface area contributed by atoms with E-state index >= 15 is 0 Å². The van der Waals surface area contributed by atoms with Gasteiger partial charge in [0.2, 0.25) is 11.8 Å². The number of nitrogens with two attached hydrogens (primary N) is 1. The molecule has 0 spiro atoms. The Kier molecular flexibility index (Phi) is 7.52. The molecule has 184 valence electrons. The van der Waals surface area contributed by atoms with Crippen LogP contribution in [0, 0.1) is 12.7 Å². The monoisotopic (exact) mass is 481 g/mol. The van der Waals surface area contributed by atoms with Crippen LogP contribution in [0.4, 0.5) is 10.3 Å². The number of hydrogen-bond donors (Lipinski definition) is 3. The normalized spacial score (nSPS) is 17.2. The summed E-state index contributed by atoms with van der Waals surface area (Å²) < 4.78 is 19.6. The lowest BCUT2D eigenvalue weighted by molar-refractivity contribution is 0.0503. The molecule has 4 rings (SSSR count). The number of aliphatic hydroxyl groups excluding tert-OH is 2. The van der Waals surface area contributed by atoms with Gasteiger partial charge >= 0.3 is 0 Å². The van der Waals surface area contributed by atoms with Crippen LogP contribution in [0.2, 0.25) is 0 Å². The van der Waals surface area contributed by atoms with Crippen molar-refractivity contribution in [3.05, 3.63) is 64.7 Å². The molecule has 9 nitrogen and oxygen atoms in total. The summed E-state index contributed by atoms with van der Waals surface area (Å²) in [6.45, 7) is 1.63. The number of aryl methyl sites for hydroxylation is 1. The first-order valence-electron chi connectivity index (χ1n) is 11.3. The maximum absolute atomic E-state index is 14.3. The molecular weight excluding hydrogens is 453 g/mol. The van der Waals surface area contributed by atoms with E-state index < -0.39 is 6.10 Å². The molecule has 0 saturated carbocycles. The largest absolute Gasteiger partial charge is 0.481 e. The summed E-state index contributed by atoms with van der Waals surface area (Å²) in [5.74, 6) is 0.127. The van der Waals surface area contributed by atoms with Crippen LogP contribution >= 0.6 is 0 Å². The summed E-state index contributed by atoms with van der Waals surface area (Å²) in [7, 11) is 1.53. The number of nitrogen functional groups attached to an aromatic ring is 1. The molecule has 4 N–H and O–H groups in total. The molecule has 1 aliphatic rings. The number of aromatic nitrogens is 3. The highest BCUT2D eigenvalue weighted by atomic mass is 19.1. The number of nitrogens with zero attached hydrogens (tertiary/aromatic N) is 4. The van der Waals surface area contributed by atoms with Crippen LogP contribution in [0.25, 0.3) is 11.3 Å². The van der Waals surface area contributed by atoms with E-state index in [1.807, 2.05) is 19.1 Å². The van der Waals surface area contributed by atoms with Gasteiger partial charge in [-0.2, -0.15) is 0 Å². The predicted octanol–water partition coefficient (Wildman–Crippen LogP) is 2.77. The second-order valence-corrected chi connectivity index (χ2v) is 8.39. The summed E-state index contributed by atoms with van der Waals surface area (Å²) in [6.07, 6.45) is 0.410. The molecule has 0 amide bonds. The Morgan fingerprint density at radius 3 is 2.80 bits per heavy atom.